The quantitative estimate of drug-likeness (QED) is 0.500. The molecule has 2 heterocycles. The molecule has 1 aromatic carbocycles. The highest BCUT2D eigenvalue weighted by Crippen LogP contribution is 2.18. The van der Waals surface area contributed by atoms with Crippen molar-refractivity contribution >= 4 is 23.6 Å². The maximum Gasteiger partial charge on any atom is 0.248 e. The van der Waals surface area contributed by atoms with Crippen molar-refractivity contribution in [1.29, 1.82) is 0 Å². The number of amides is 2. The van der Waals surface area contributed by atoms with E-state index < -0.39 is 0 Å². The van der Waals surface area contributed by atoms with Gasteiger partial charge >= 0.3 is 0 Å². The van der Waals surface area contributed by atoms with E-state index in [9.17, 15) is 9.59 Å². The number of hydrazine groups is 1. The van der Waals surface area contributed by atoms with Crippen LogP contribution in [0.3, 0.4) is 0 Å². The van der Waals surface area contributed by atoms with Gasteiger partial charge in [0, 0.05) is 6.20 Å². The largest absolute Gasteiger partial charge is 0.275 e. The molecule has 9 heteroatoms. The van der Waals surface area contributed by atoms with Gasteiger partial charge in [0.05, 0.1) is 24.1 Å². The number of thioether (sulfide) groups is 1. The van der Waals surface area contributed by atoms with E-state index in [1.165, 1.54) is 11.8 Å². The van der Waals surface area contributed by atoms with Gasteiger partial charge in [-0.2, -0.15) is 0 Å². The predicted molar refractivity (Wildman–Crippen MR) is 96.3 cm³/mol. The fourth-order valence-corrected chi connectivity index (χ4v) is 2.86. The van der Waals surface area contributed by atoms with E-state index in [4.69, 9.17) is 0 Å². The molecule has 3 aromatic rings. The van der Waals surface area contributed by atoms with E-state index in [1.807, 2.05) is 36.4 Å². The van der Waals surface area contributed by atoms with E-state index >= 15 is 0 Å². The molecule has 3 rings (SSSR count). The summed E-state index contributed by atoms with van der Waals surface area (Å²) in [7, 11) is 0. The lowest BCUT2D eigenvalue weighted by molar-refractivity contribution is -0.127. The van der Waals surface area contributed by atoms with Crippen LogP contribution in [0.2, 0.25) is 0 Å². The van der Waals surface area contributed by atoms with Crippen LogP contribution in [0.4, 0.5) is 0 Å². The standard InChI is InChI=1S/C17H16N6O2S/c24-15(9-13-5-2-1-3-6-13)20-21-16(25)11-26-17-22-19-12-23(17)14-7-4-8-18-10-14/h1-8,10,12H,9,11H2,(H,20,24)(H,21,25). The minimum absolute atomic E-state index is 0.0879. The molecule has 0 bridgehead atoms. The van der Waals surface area contributed by atoms with Gasteiger partial charge in [0.25, 0.3) is 0 Å². The SMILES string of the molecule is O=C(CSc1nncn1-c1cccnc1)NNC(=O)Cc1ccccc1. The molecule has 2 amide bonds. The molecule has 0 saturated heterocycles. The van der Waals surface area contributed by atoms with Crippen LogP contribution in [0, 0.1) is 0 Å². The lowest BCUT2D eigenvalue weighted by Crippen LogP contribution is -2.43. The van der Waals surface area contributed by atoms with E-state index in [0.717, 1.165) is 11.3 Å². The lowest BCUT2D eigenvalue weighted by atomic mass is 10.1. The van der Waals surface area contributed by atoms with Crippen molar-refractivity contribution in [3.05, 3.63) is 66.7 Å². The van der Waals surface area contributed by atoms with Crippen LogP contribution in [0.25, 0.3) is 5.69 Å². The molecule has 0 fully saturated rings. The van der Waals surface area contributed by atoms with Gasteiger partial charge in [0.15, 0.2) is 5.16 Å². The summed E-state index contributed by atoms with van der Waals surface area (Å²) in [5, 5.41) is 8.42. The number of carbonyl (C=O) groups is 2. The third kappa shape index (κ3) is 4.90. The first-order valence-corrected chi connectivity index (χ1v) is 8.76. The zero-order valence-electron chi connectivity index (χ0n) is 13.7. The summed E-state index contributed by atoms with van der Waals surface area (Å²) in [5.41, 5.74) is 6.47. The number of aromatic nitrogens is 4. The molecule has 2 aromatic heterocycles. The number of carbonyl (C=O) groups excluding carboxylic acids is 2. The van der Waals surface area contributed by atoms with Gasteiger partial charge in [-0.1, -0.05) is 42.1 Å². The zero-order chi connectivity index (χ0) is 18.2. The molecule has 0 saturated carbocycles. The van der Waals surface area contributed by atoms with Gasteiger partial charge in [-0.05, 0) is 17.7 Å². The van der Waals surface area contributed by atoms with E-state index in [-0.39, 0.29) is 24.0 Å². The number of hydrogen-bond donors (Lipinski definition) is 2. The summed E-state index contributed by atoms with van der Waals surface area (Å²) in [5.74, 6) is -0.532. The number of benzene rings is 1. The summed E-state index contributed by atoms with van der Waals surface area (Å²) in [6.45, 7) is 0. The van der Waals surface area contributed by atoms with Gasteiger partial charge < -0.3 is 0 Å². The van der Waals surface area contributed by atoms with Crippen molar-refractivity contribution in [3.8, 4) is 5.69 Å². The van der Waals surface area contributed by atoms with Crippen molar-refractivity contribution < 1.29 is 9.59 Å². The molecular weight excluding hydrogens is 352 g/mol. The minimum Gasteiger partial charge on any atom is -0.275 e. The third-order valence-corrected chi connectivity index (χ3v) is 4.26. The number of nitrogens with one attached hydrogen (secondary N) is 2. The molecule has 0 aliphatic carbocycles. The fourth-order valence-electron chi connectivity index (χ4n) is 2.13. The van der Waals surface area contributed by atoms with Crippen LogP contribution < -0.4 is 10.9 Å². The molecule has 0 radical (unpaired) electrons. The summed E-state index contributed by atoms with van der Waals surface area (Å²) in [4.78, 5) is 27.8. The predicted octanol–water partition coefficient (Wildman–Crippen LogP) is 1.14. The normalized spacial score (nSPS) is 10.3. The second-order valence-corrected chi connectivity index (χ2v) is 6.18. The highest BCUT2D eigenvalue weighted by atomic mass is 32.2. The highest BCUT2D eigenvalue weighted by molar-refractivity contribution is 7.99. The van der Waals surface area contributed by atoms with Crippen molar-refractivity contribution in [2.24, 2.45) is 0 Å². The maximum absolute atomic E-state index is 11.9. The Morgan fingerprint density at radius 1 is 1.04 bits per heavy atom. The van der Waals surface area contributed by atoms with Crippen molar-refractivity contribution in [2.75, 3.05) is 5.75 Å². The van der Waals surface area contributed by atoms with Crippen molar-refractivity contribution in [3.63, 3.8) is 0 Å². The van der Waals surface area contributed by atoms with E-state index in [2.05, 4.69) is 26.0 Å². The van der Waals surface area contributed by atoms with Crippen LogP contribution in [-0.2, 0) is 16.0 Å². The fraction of sp³-hybridized carbons (Fsp3) is 0.118. The Labute approximate surface area is 154 Å². The smallest absolute Gasteiger partial charge is 0.248 e. The average molecular weight is 368 g/mol. The van der Waals surface area contributed by atoms with Gasteiger partial charge in [0.2, 0.25) is 11.8 Å². The molecule has 0 aliphatic heterocycles. The van der Waals surface area contributed by atoms with Crippen LogP contribution in [-0.4, -0.2) is 37.3 Å². The number of rotatable bonds is 6. The third-order valence-electron chi connectivity index (χ3n) is 3.32. The molecule has 0 aliphatic rings. The molecule has 132 valence electrons. The number of hydrogen-bond acceptors (Lipinski definition) is 6. The Morgan fingerprint density at radius 3 is 2.62 bits per heavy atom. The average Bonchev–Trinajstić information content (AvgIpc) is 3.15. The minimum atomic E-state index is -0.336. The van der Waals surface area contributed by atoms with Gasteiger partial charge in [0.1, 0.15) is 6.33 Å². The molecule has 0 unspecified atom stereocenters. The Kier molecular flexibility index (Phi) is 5.94. The Hall–Kier alpha value is -3.20. The summed E-state index contributed by atoms with van der Waals surface area (Å²) >= 11 is 1.21. The second kappa shape index (κ2) is 8.77. The molecular formula is C17H16N6O2S. The monoisotopic (exact) mass is 368 g/mol. The molecule has 0 atom stereocenters. The molecule has 0 spiro atoms. The van der Waals surface area contributed by atoms with Crippen LogP contribution in [0.5, 0.6) is 0 Å². The van der Waals surface area contributed by atoms with Gasteiger partial charge in [-0.15, -0.1) is 10.2 Å². The Bertz CT molecular complexity index is 869. The first kappa shape index (κ1) is 17.6. The number of pyridine rings is 1. The van der Waals surface area contributed by atoms with Crippen LogP contribution >= 0.6 is 11.8 Å². The Morgan fingerprint density at radius 2 is 1.85 bits per heavy atom. The lowest BCUT2D eigenvalue weighted by Gasteiger charge is -2.08. The van der Waals surface area contributed by atoms with Gasteiger partial charge in [-0.25, -0.2) is 0 Å². The topological polar surface area (TPSA) is 102 Å². The Balaban J connectivity index is 1.46. The first-order valence-electron chi connectivity index (χ1n) is 7.77. The van der Waals surface area contributed by atoms with Gasteiger partial charge in [-0.3, -0.25) is 30.0 Å². The molecule has 26 heavy (non-hydrogen) atoms. The van der Waals surface area contributed by atoms with Crippen LogP contribution in [0.15, 0.2) is 66.3 Å². The summed E-state index contributed by atoms with van der Waals surface area (Å²) in [6, 6.07) is 13.0. The maximum atomic E-state index is 11.9. The first-order chi connectivity index (χ1) is 12.7. The van der Waals surface area contributed by atoms with Crippen molar-refractivity contribution in [2.45, 2.75) is 11.6 Å². The van der Waals surface area contributed by atoms with E-state index in [1.54, 1.807) is 29.4 Å². The summed E-state index contributed by atoms with van der Waals surface area (Å²) < 4.78 is 1.74. The van der Waals surface area contributed by atoms with Crippen molar-refractivity contribution in [1.82, 2.24) is 30.6 Å². The van der Waals surface area contributed by atoms with Crippen LogP contribution in [0.1, 0.15) is 5.56 Å². The summed E-state index contributed by atoms with van der Waals surface area (Å²) in [6.07, 6.45) is 5.10. The highest BCUT2D eigenvalue weighted by Gasteiger charge is 2.11. The second-order valence-electron chi connectivity index (χ2n) is 5.24. The molecule has 8 nitrogen and oxygen atoms in total. The molecule has 2 N–H and O–H groups in total. The zero-order valence-corrected chi connectivity index (χ0v) is 14.5. The van der Waals surface area contributed by atoms with E-state index in [0.29, 0.717) is 5.16 Å². The number of nitrogens with zero attached hydrogens (tertiary/aromatic N) is 4.